The number of carbonyl (C=O) groups is 1. The van der Waals surface area contributed by atoms with E-state index in [1.54, 1.807) is 0 Å². The Bertz CT molecular complexity index is 881. The molecule has 7 heteroatoms. The largest absolute Gasteiger partial charge is 0.355 e. The van der Waals surface area contributed by atoms with E-state index in [0.29, 0.717) is 28.9 Å². The van der Waals surface area contributed by atoms with Crippen molar-refractivity contribution in [1.82, 2.24) is 20.1 Å². The molecule has 0 spiro atoms. The zero-order chi connectivity index (χ0) is 19.1. The first kappa shape index (κ1) is 19.5. The van der Waals surface area contributed by atoms with E-state index in [9.17, 15) is 4.79 Å². The number of carbonyl (C=O) groups excluding carboxylic acids is 1. The summed E-state index contributed by atoms with van der Waals surface area (Å²) >= 11 is 7.42. The molecular formula is C20H21ClN4OS. The molecule has 0 atom stereocenters. The van der Waals surface area contributed by atoms with Gasteiger partial charge in [0, 0.05) is 23.7 Å². The lowest BCUT2D eigenvalue weighted by atomic mass is 10.1. The molecule has 0 fully saturated rings. The van der Waals surface area contributed by atoms with Crippen LogP contribution in [0.5, 0.6) is 0 Å². The van der Waals surface area contributed by atoms with Gasteiger partial charge in [0.25, 0.3) is 0 Å². The number of hydrogen-bond donors (Lipinski definition) is 1. The molecular weight excluding hydrogens is 380 g/mol. The van der Waals surface area contributed by atoms with Crippen molar-refractivity contribution >= 4 is 29.3 Å². The van der Waals surface area contributed by atoms with Crippen molar-refractivity contribution in [2.45, 2.75) is 24.9 Å². The van der Waals surface area contributed by atoms with Gasteiger partial charge in [0.1, 0.15) is 5.82 Å². The summed E-state index contributed by atoms with van der Waals surface area (Å²) in [5.41, 5.74) is 2.07. The van der Waals surface area contributed by atoms with Gasteiger partial charge in [-0.1, -0.05) is 60.6 Å². The summed E-state index contributed by atoms with van der Waals surface area (Å²) in [6, 6.07) is 17.7. The van der Waals surface area contributed by atoms with Crippen LogP contribution in [0.1, 0.15) is 24.7 Å². The maximum atomic E-state index is 12.0. The maximum absolute atomic E-state index is 12.0. The molecule has 2 aromatic carbocycles. The minimum Gasteiger partial charge on any atom is -0.355 e. The average molecular weight is 401 g/mol. The third kappa shape index (κ3) is 5.34. The zero-order valence-electron chi connectivity index (χ0n) is 15.1. The Morgan fingerprint density at radius 3 is 2.56 bits per heavy atom. The molecule has 3 rings (SSSR count). The zero-order valence-corrected chi connectivity index (χ0v) is 16.6. The number of nitrogens with zero attached hydrogens (tertiary/aromatic N) is 3. The minimum absolute atomic E-state index is 0.00267. The Hall–Kier alpha value is -2.31. The van der Waals surface area contributed by atoms with Crippen molar-refractivity contribution in [2.75, 3.05) is 12.3 Å². The second-order valence-electron chi connectivity index (χ2n) is 6.01. The Morgan fingerprint density at radius 1 is 1.11 bits per heavy atom. The fourth-order valence-electron chi connectivity index (χ4n) is 2.58. The Balaban J connectivity index is 1.86. The molecule has 0 radical (unpaired) electrons. The van der Waals surface area contributed by atoms with Crippen molar-refractivity contribution in [1.29, 1.82) is 0 Å². The third-order valence-electron chi connectivity index (χ3n) is 3.89. The number of hydrogen-bond acceptors (Lipinski definition) is 4. The number of rotatable bonds is 8. The van der Waals surface area contributed by atoms with Crippen LogP contribution < -0.4 is 5.32 Å². The van der Waals surface area contributed by atoms with Gasteiger partial charge in [-0.25, -0.2) is 0 Å². The molecule has 0 saturated carbocycles. The SMILES string of the molecule is CCCNC(=O)CSc1nnc(Cc2ccccc2)n1-c1ccc(Cl)cc1. The monoisotopic (exact) mass is 400 g/mol. The summed E-state index contributed by atoms with van der Waals surface area (Å²) in [6.45, 7) is 2.71. The van der Waals surface area contributed by atoms with Gasteiger partial charge in [-0.2, -0.15) is 0 Å². The smallest absolute Gasteiger partial charge is 0.230 e. The van der Waals surface area contributed by atoms with Crippen LogP contribution in [0.25, 0.3) is 5.69 Å². The first-order valence-electron chi connectivity index (χ1n) is 8.81. The van der Waals surface area contributed by atoms with Gasteiger partial charge in [-0.3, -0.25) is 9.36 Å². The van der Waals surface area contributed by atoms with E-state index >= 15 is 0 Å². The van der Waals surface area contributed by atoms with Crippen LogP contribution in [-0.2, 0) is 11.2 Å². The molecule has 140 valence electrons. The van der Waals surface area contributed by atoms with Gasteiger partial charge in [0.15, 0.2) is 5.16 Å². The predicted molar refractivity (Wildman–Crippen MR) is 110 cm³/mol. The number of benzene rings is 2. The van der Waals surface area contributed by atoms with E-state index in [0.717, 1.165) is 23.5 Å². The summed E-state index contributed by atoms with van der Waals surface area (Å²) in [5, 5.41) is 12.9. The highest BCUT2D eigenvalue weighted by Gasteiger charge is 2.16. The number of nitrogens with one attached hydrogen (secondary N) is 1. The summed E-state index contributed by atoms with van der Waals surface area (Å²) in [4.78, 5) is 12.0. The van der Waals surface area contributed by atoms with Crippen molar-refractivity contribution in [2.24, 2.45) is 0 Å². The standard InChI is InChI=1S/C20H21ClN4OS/c1-2-12-22-19(26)14-27-20-24-23-18(13-15-6-4-3-5-7-15)25(20)17-10-8-16(21)9-11-17/h3-11H,2,12-14H2,1H3,(H,22,26). The second-order valence-corrected chi connectivity index (χ2v) is 7.39. The molecule has 0 aliphatic heterocycles. The quantitative estimate of drug-likeness (QED) is 0.577. The van der Waals surface area contributed by atoms with E-state index < -0.39 is 0 Å². The van der Waals surface area contributed by atoms with Crippen molar-refractivity contribution in [3.05, 3.63) is 71.0 Å². The van der Waals surface area contributed by atoms with Gasteiger partial charge in [0.2, 0.25) is 5.91 Å². The van der Waals surface area contributed by atoms with Crippen LogP contribution in [0.2, 0.25) is 5.02 Å². The van der Waals surface area contributed by atoms with Crippen LogP contribution in [0.15, 0.2) is 59.8 Å². The fourth-order valence-corrected chi connectivity index (χ4v) is 3.51. The predicted octanol–water partition coefficient (Wildman–Crippen LogP) is 4.13. The number of aromatic nitrogens is 3. The minimum atomic E-state index is -0.00267. The molecule has 27 heavy (non-hydrogen) atoms. The lowest BCUT2D eigenvalue weighted by Gasteiger charge is -2.10. The highest BCUT2D eigenvalue weighted by Crippen LogP contribution is 2.24. The molecule has 0 bridgehead atoms. The Labute approximate surface area is 168 Å². The molecule has 1 amide bonds. The number of thioether (sulfide) groups is 1. The van der Waals surface area contributed by atoms with E-state index in [2.05, 4.69) is 27.6 Å². The fraction of sp³-hybridized carbons (Fsp3) is 0.250. The molecule has 1 aromatic heterocycles. The lowest BCUT2D eigenvalue weighted by Crippen LogP contribution is -2.25. The summed E-state index contributed by atoms with van der Waals surface area (Å²) in [7, 11) is 0. The highest BCUT2D eigenvalue weighted by molar-refractivity contribution is 7.99. The summed E-state index contributed by atoms with van der Waals surface area (Å²) in [6.07, 6.45) is 1.57. The molecule has 1 heterocycles. The van der Waals surface area contributed by atoms with E-state index in [4.69, 9.17) is 11.6 Å². The maximum Gasteiger partial charge on any atom is 0.230 e. The number of amides is 1. The molecule has 1 N–H and O–H groups in total. The van der Waals surface area contributed by atoms with Gasteiger partial charge in [-0.15, -0.1) is 10.2 Å². The third-order valence-corrected chi connectivity index (χ3v) is 5.08. The van der Waals surface area contributed by atoms with Crippen LogP contribution in [0, 0.1) is 0 Å². The Kier molecular flexibility index (Phi) is 6.90. The molecule has 0 aliphatic carbocycles. The normalized spacial score (nSPS) is 10.7. The first-order chi connectivity index (χ1) is 13.2. The van der Waals surface area contributed by atoms with Crippen molar-refractivity contribution in [3.63, 3.8) is 0 Å². The van der Waals surface area contributed by atoms with E-state index in [1.165, 1.54) is 11.8 Å². The van der Waals surface area contributed by atoms with Crippen LogP contribution >= 0.6 is 23.4 Å². The van der Waals surface area contributed by atoms with Gasteiger partial charge in [0.05, 0.1) is 5.75 Å². The van der Waals surface area contributed by atoms with Crippen LogP contribution in [0.4, 0.5) is 0 Å². The summed E-state index contributed by atoms with van der Waals surface area (Å²) < 4.78 is 1.99. The molecule has 5 nitrogen and oxygen atoms in total. The molecule has 3 aromatic rings. The van der Waals surface area contributed by atoms with Gasteiger partial charge < -0.3 is 5.32 Å². The van der Waals surface area contributed by atoms with E-state index in [-0.39, 0.29) is 5.91 Å². The van der Waals surface area contributed by atoms with Crippen LogP contribution in [-0.4, -0.2) is 33.0 Å². The van der Waals surface area contributed by atoms with Crippen LogP contribution in [0.3, 0.4) is 0 Å². The van der Waals surface area contributed by atoms with Crippen molar-refractivity contribution in [3.8, 4) is 5.69 Å². The van der Waals surface area contributed by atoms with Gasteiger partial charge in [-0.05, 0) is 36.2 Å². The first-order valence-corrected chi connectivity index (χ1v) is 10.2. The average Bonchev–Trinajstić information content (AvgIpc) is 3.08. The van der Waals surface area contributed by atoms with Crippen molar-refractivity contribution < 1.29 is 4.79 Å². The number of halogens is 1. The topological polar surface area (TPSA) is 59.8 Å². The molecule has 0 saturated heterocycles. The van der Waals surface area contributed by atoms with E-state index in [1.807, 2.05) is 54.0 Å². The molecule has 0 unspecified atom stereocenters. The summed E-state index contributed by atoms with van der Waals surface area (Å²) in [5.74, 6) is 1.12. The second kappa shape index (κ2) is 9.58. The highest BCUT2D eigenvalue weighted by atomic mass is 35.5. The Morgan fingerprint density at radius 2 is 1.85 bits per heavy atom. The van der Waals surface area contributed by atoms with Gasteiger partial charge >= 0.3 is 0 Å². The molecule has 0 aliphatic rings. The lowest BCUT2D eigenvalue weighted by molar-refractivity contribution is -0.118.